The van der Waals surface area contributed by atoms with Gasteiger partial charge in [0.05, 0.1) is 0 Å². The number of rotatable bonds is 14. The van der Waals surface area contributed by atoms with Crippen LogP contribution in [0, 0.1) is 0 Å². The Labute approximate surface area is 252 Å². The van der Waals surface area contributed by atoms with E-state index in [1.54, 1.807) is 22.9 Å². The van der Waals surface area contributed by atoms with E-state index in [4.69, 9.17) is 0 Å². The minimum Gasteiger partial charge on any atom is -0.850 e. The van der Waals surface area contributed by atoms with Gasteiger partial charge in [-0.1, -0.05) is 0 Å². The van der Waals surface area contributed by atoms with Crippen LogP contribution >= 0.6 is 11.4 Å². The third-order valence-electron chi connectivity index (χ3n) is 3.71. The van der Waals surface area contributed by atoms with E-state index in [9.17, 15) is 19.6 Å². The summed E-state index contributed by atoms with van der Waals surface area (Å²) < 4.78 is 0. The normalized spacial score (nSPS) is 9.87. The topological polar surface area (TPSA) is 92.2 Å². The van der Waals surface area contributed by atoms with Crippen molar-refractivity contribution in [2.75, 3.05) is 0 Å². The van der Waals surface area contributed by atoms with Crippen LogP contribution in [0.2, 0.25) is 10.0 Å². The first-order chi connectivity index (χ1) is 12.4. The van der Waals surface area contributed by atoms with E-state index < -0.39 is 11.4 Å². The van der Waals surface area contributed by atoms with E-state index in [1.165, 1.54) is 64.2 Å². The van der Waals surface area contributed by atoms with Gasteiger partial charge in [0.1, 0.15) is 0 Å². The zero-order valence-corrected chi connectivity index (χ0v) is 35.8. The van der Waals surface area contributed by atoms with Gasteiger partial charge in [-0.25, -0.2) is 0 Å². The molecule has 0 aromatic heterocycles. The van der Waals surface area contributed by atoms with Crippen LogP contribution in [0.15, 0.2) is 0 Å². The van der Waals surface area contributed by atoms with E-state index >= 15 is 0 Å². The maximum absolute atomic E-state index is 9.29. The van der Waals surface area contributed by atoms with Crippen LogP contribution in [-0.2, 0) is 124 Å². The maximum atomic E-state index is 9.29. The molecule has 0 aliphatic heterocycles. The Hall–Kier alpha value is 4.33. The molecule has 0 radical (unpaired) electrons. The number of hydrogen-bond acceptors (Lipinski definition) is 8. The van der Waals surface area contributed by atoms with Crippen molar-refractivity contribution in [3.8, 4) is 0 Å². The molecule has 0 bridgehead atoms. The predicted octanol–water partition coefficient (Wildman–Crippen LogP) is 3.58. The first-order valence-electron chi connectivity index (χ1n) is 9.87. The molecule has 0 unspecified atom stereocenters. The fourth-order valence-electron chi connectivity index (χ4n) is 2.44. The van der Waals surface area contributed by atoms with Crippen molar-refractivity contribution in [1.29, 1.82) is 0 Å². The molecule has 0 aliphatic rings. The zero-order chi connectivity index (χ0) is 21.6. The van der Waals surface area contributed by atoms with Gasteiger partial charge in [-0.3, -0.25) is 0 Å². The van der Waals surface area contributed by atoms with Crippen molar-refractivity contribution in [1.82, 2.24) is 0 Å². The van der Waals surface area contributed by atoms with Gasteiger partial charge < -0.3 is 55.5 Å². The van der Waals surface area contributed by atoms with Crippen molar-refractivity contribution in [3.63, 3.8) is 0 Å². The van der Waals surface area contributed by atoms with Gasteiger partial charge in [0, 0.05) is 0 Å². The van der Waals surface area contributed by atoms with Gasteiger partial charge >= 0.3 is 176 Å². The van der Waals surface area contributed by atoms with E-state index in [1.807, 2.05) is 0 Å². The smallest absolute Gasteiger partial charge is 0.850 e. The molecule has 0 aliphatic carbocycles. The zero-order valence-electron chi connectivity index (χ0n) is 18.9. The third kappa shape index (κ3) is 94.4. The Morgan fingerprint density at radius 2 is 0.767 bits per heavy atom. The van der Waals surface area contributed by atoms with Crippen molar-refractivity contribution < 1.29 is 95.1 Å². The van der Waals surface area contributed by atoms with E-state index in [2.05, 4.69) is 62.0 Å². The van der Waals surface area contributed by atoms with E-state index in [-0.39, 0.29) is 75.6 Å². The standard InChI is InChI=1S/2C8H17.2H3O2PS2.4Zn/c2*1-3-5-7-8-6-4-2;2*1-3(2,4)5;;;;/h2*1,3-8H2,2H3;2*(H3,1,2,4,5);;;;/q;;;;;3*+2/p-6. The van der Waals surface area contributed by atoms with Crippen LogP contribution in [0.3, 0.4) is 0 Å². The summed E-state index contributed by atoms with van der Waals surface area (Å²) in [5, 5.41) is 3.35. The largest absolute Gasteiger partial charge is 2.00 e. The Morgan fingerprint density at radius 3 is 1.00 bits per heavy atom. The van der Waals surface area contributed by atoms with Crippen molar-refractivity contribution in [3.05, 3.63) is 0 Å². The summed E-state index contributed by atoms with van der Waals surface area (Å²) in [6, 6.07) is 0. The Balaban J connectivity index is -0.0000000930. The van der Waals surface area contributed by atoms with Crippen LogP contribution in [-0.4, -0.2) is 0 Å². The van der Waals surface area contributed by atoms with Gasteiger partial charge in [-0.2, -0.15) is 23.6 Å². The summed E-state index contributed by atoms with van der Waals surface area (Å²) in [6.07, 6.45) is 17.9. The summed E-state index contributed by atoms with van der Waals surface area (Å²) in [5.41, 5.74) is -7.44. The Morgan fingerprint density at radius 1 is 0.567 bits per heavy atom. The average molecular weight is 742 g/mol. The van der Waals surface area contributed by atoms with Crippen LogP contribution in [0.1, 0.15) is 90.9 Å². The second-order valence-electron chi connectivity index (χ2n) is 6.49. The summed E-state index contributed by atoms with van der Waals surface area (Å²) in [4.78, 5) is 37.2. The van der Waals surface area contributed by atoms with Crippen LogP contribution < -0.4 is 19.6 Å². The summed E-state index contributed by atoms with van der Waals surface area (Å²) in [7, 11) is 0. The molecule has 0 spiro atoms. The van der Waals surface area contributed by atoms with Crippen LogP contribution in [0.25, 0.3) is 0 Å². The Bertz CT molecular complexity index is 342. The molecule has 30 heavy (non-hydrogen) atoms. The van der Waals surface area contributed by atoms with Gasteiger partial charge in [0.2, 0.25) is 0 Å². The number of unbranched alkanes of at least 4 members (excludes halogenated alkanes) is 10. The summed E-state index contributed by atoms with van der Waals surface area (Å²) >= 11 is 14.5. The van der Waals surface area contributed by atoms with Crippen LogP contribution in [0.4, 0.5) is 0 Å². The van der Waals surface area contributed by atoms with Crippen molar-refractivity contribution in [2.24, 2.45) is 0 Å². The molecule has 0 aromatic carbocycles. The molecular formula is C16H34O4P2S4Zn4. The number of hydrogen-bond donors (Lipinski definition) is 0. The first-order valence-corrected chi connectivity index (χ1v) is 21.4. The van der Waals surface area contributed by atoms with Crippen molar-refractivity contribution >= 4 is 59.5 Å². The molecule has 0 atom stereocenters. The van der Waals surface area contributed by atoms with Gasteiger partial charge in [0.25, 0.3) is 0 Å². The molecule has 14 heteroatoms. The van der Waals surface area contributed by atoms with Gasteiger partial charge in [0.15, 0.2) is 0 Å². The SMILES string of the molecule is CCCCCCC[CH2][Zn][CH2]CCCCCCC.[O-]P([O-])(=S)[S-].[O-]P([O-])(=S)[S-].[Zn+2].[Zn+2].[Zn+2]. The fraction of sp³-hybridized carbons (Fsp3) is 1.00. The second-order valence-corrected chi connectivity index (χ2v) is 19.9. The summed E-state index contributed by atoms with van der Waals surface area (Å²) in [5.74, 6) is 0. The molecule has 0 saturated carbocycles. The predicted molar refractivity (Wildman–Crippen MR) is 120 cm³/mol. The molecule has 0 amide bonds. The molecule has 0 saturated heterocycles. The molecule has 0 fully saturated rings. The molecule has 164 valence electrons. The third-order valence-corrected chi connectivity index (χ3v) is 7.90. The molecule has 0 heterocycles. The maximum Gasteiger partial charge on any atom is 2.00 e. The molecule has 0 N–H and O–H groups in total. The van der Waals surface area contributed by atoms with Crippen LogP contribution in [0.5, 0.6) is 0 Å². The molecular weight excluding hydrogens is 708 g/mol. The Kier molecular flexibility index (Phi) is 56.2. The minimum atomic E-state index is -3.72. The van der Waals surface area contributed by atoms with Crippen molar-refractivity contribution in [2.45, 2.75) is 101 Å². The van der Waals surface area contributed by atoms with E-state index in [0.29, 0.717) is 0 Å². The fourth-order valence-corrected chi connectivity index (χ4v) is 6.15. The van der Waals surface area contributed by atoms with E-state index in [0.717, 1.165) is 0 Å². The quantitative estimate of drug-likeness (QED) is 0.116. The minimum absolute atomic E-state index is 0. The molecule has 0 aromatic rings. The second kappa shape index (κ2) is 35.5. The van der Waals surface area contributed by atoms with Gasteiger partial charge in [-0.05, 0) is 0 Å². The first kappa shape index (κ1) is 47.5. The molecule has 4 nitrogen and oxygen atoms in total. The average Bonchev–Trinajstić information content (AvgIpc) is 2.49. The molecule has 0 rings (SSSR count). The summed E-state index contributed by atoms with van der Waals surface area (Å²) in [6.45, 7) is 4.60. The monoisotopic (exact) mass is 736 g/mol. The van der Waals surface area contributed by atoms with Gasteiger partial charge in [-0.15, -0.1) is 0 Å².